The number of hydrogen-bond acceptors (Lipinski definition) is 4. The molecular formula is C26H26N6O3. The number of amides is 4. The lowest BCUT2D eigenvalue weighted by Gasteiger charge is -2.24. The van der Waals surface area contributed by atoms with E-state index in [-0.39, 0.29) is 18.5 Å². The van der Waals surface area contributed by atoms with Gasteiger partial charge < -0.3 is 27.0 Å². The number of carbonyl (C=O) groups excluding carboxylic acids is 3. The van der Waals surface area contributed by atoms with Crippen LogP contribution in [0.2, 0.25) is 0 Å². The summed E-state index contributed by atoms with van der Waals surface area (Å²) in [4.78, 5) is 39.5. The topological polar surface area (TPSA) is 135 Å². The molecule has 9 heteroatoms. The van der Waals surface area contributed by atoms with Crippen molar-refractivity contribution < 1.29 is 14.4 Å². The third-order valence-electron chi connectivity index (χ3n) is 6.37. The van der Waals surface area contributed by atoms with E-state index >= 15 is 0 Å². The number of anilines is 1. The molecule has 0 bridgehead atoms. The molecule has 178 valence electrons. The van der Waals surface area contributed by atoms with Gasteiger partial charge in [-0.1, -0.05) is 54.6 Å². The largest absolute Gasteiger partial charge is 0.351 e. The molecule has 1 aliphatic heterocycles. The summed E-state index contributed by atoms with van der Waals surface area (Å²) in [6.07, 6.45) is 1.84. The van der Waals surface area contributed by atoms with Gasteiger partial charge in [-0.25, -0.2) is 9.59 Å². The number of rotatable bonds is 4. The zero-order chi connectivity index (χ0) is 24.5. The van der Waals surface area contributed by atoms with Crippen molar-refractivity contribution in [3.63, 3.8) is 0 Å². The molecule has 5 rings (SSSR count). The van der Waals surface area contributed by atoms with Crippen molar-refractivity contribution in [1.82, 2.24) is 14.8 Å². The first-order valence-corrected chi connectivity index (χ1v) is 11.4. The molecule has 1 aliphatic rings. The molecule has 0 unspecified atom stereocenters. The normalized spacial score (nSPS) is 17.6. The van der Waals surface area contributed by atoms with Gasteiger partial charge >= 0.3 is 12.1 Å². The Bertz CT molecular complexity index is 1450. The van der Waals surface area contributed by atoms with Crippen LogP contribution in [0.25, 0.3) is 21.7 Å². The number of nitrogens with one attached hydrogen (secondary N) is 2. The van der Waals surface area contributed by atoms with E-state index in [2.05, 4.69) is 10.6 Å². The number of hydrogen-bond donors (Lipinski definition) is 4. The van der Waals surface area contributed by atoms with Gasteiger partial charge in [0.05, 0.1) is 11.2 Å². The molecule has 0 aliphatic carbocycles. The zero-order valence-corrected chi connectivity index (χ0v) is 19.0. The Kier molecular flexibility index (Phi) is 5.84. The molecule has 0 saturated carbocycles. The summed E-state index contributed by atoms with van der Waals surface area (Å²) in [5.41, 5.74) is 13.6. The lowest BCUT2D eigenvalue weighted by atomic mass is 10.1. The Labute approximate surface area is 201 Å². The zero-order valence-electron chi connectivity index (χ0n) is 19.0. The second-order valence-corrected chi connectivity index (χ2v) is 8.76. The monoisotopic (exact) mass is 470 g/mol. The predicted molar refractivity (Wildman–Crippen MR) is 135 cm³/mol. The molecule has 9 nitrogen and oxygen atoms in total. The quantitative estimate of drug-likeness (QED) is 0.365. The number of likely N-dealkylation sites (tertiary alicyclic amines) is 1. The van der Waals surface area contributed by atoms with E-state index in [4.69, 9.17) is 11.5 Å². The highest BCUT2D eigenvalue weighted by Gasteiger charge is 2.38. The van der Waals surface area contributed by atoms with Crippen molar-refractivity contribution in [3.8, 4) is 0 Å². The summed E-state index contributed by atoms with van der Waals surface area (Å²) in [6.45, 7) is 0.589. The standard InChI is InChI=1S/C26H26N6O3/c27-19-12-23(24(33)29-13-16-9-10-17-5-1-2-6-18(17)11-16)32(14-19)26(35)30-21-15-31(25(28)34)22-8-4-3-7-20(21)22/h1-11,15,19,23H,12-14,27H2,(H2,28,34)(H,29,33)(H,30,35)/t19-,23-/m0/s1. The number of benzene rings is 3. The van der Waals surface area contributed by atoms with Gasteiger partial charge in [0, 0.05) is 30.7 Å². The third-order valence-corrected chi connectivity index (χ3v) is 6.37. The van der Waals surface area contributed by atoms with Gasteiger partial charge in [-0.2, -0.15) is 0 Å². The molecule has 0 radical (unpaired) electrons. The van der Waals surface area contributed by atoms with Crippen molar-refractivity contribution in [2.75, 3.05) is 11.9 Å². The SMILES string of the molecule is NC(=O)n1cc(NC(=O)N2C[C@@H](N)C[C@H]2C(=O)NCc2ccc3ccccc3c2)c2ccccc21. The summed E-state index contributed by atoms with van der Waals surface area (Å²) < 4.78 is 1.27. The fourth-order valence-electron chi connectivity index (χ4n) is 4.65. The van der Waals surface area contributed by atoms with E-state index in [1.165, 1.54) is 15.7 Å². The highest BCUT2D eigenvalue weighted by Crippen LogP contribution is 2.27. The molecule has 2 heterocycles. The Morgan fingerprint density at radius 3 is 2.51 bits per heavy atom. The number of primary amides is 1. The minimum Gasteiger partial charge on any atom is -0.351 e. The second-order valence-electron chi connectivity index (χ2n) is 8.76. The summed E-state index contributed by atoms with van der Waals surface area (Å²) in [5, 5.41) is 8.66. The predicted octanol–water partition coefficient (Wildman–Crippen LogP) is 2.97. The van der Waals surface area contributed by atoms with Crippen molar-refractivity contribution in [2.24, 2.45) is 11.5 Å². The number of fused-ring (bicyclic) bond motifs is 2. The average Bonchev–Trinajstić information content (AvgIpc) is 3.43. The second kappa shape index (κ2) is 9.11. The van der Waals surface area contributed by atoms with E-state index in [1.807, 2.05) is 42.5 Å². The first-order valence-electron chi connectivity index (χ1n) is 11.4. The van der Waals surface area contributed by atoms with Gasteiger partial charge in [0.25, 0.3) is 0 Å². The summed E-state index contributed by atoms with van der Waals surface area (Å²) >= 11 is 0. The van der Waals surface area contributed by atoms with Crippen LogP contribution in [0.3, 0.4) is 0 Å². The molecule has 6 N–H and O–H groups in total. The highest BCUT2D eigenvalue weighted by atomic mass is 16.2. The Hall–Kier alpha value is -4.37. The van der Waals surface area contributed by atoms with Crippen LogP contribution in [-0.2, 0) is 11.3 Å². The number of para-hydroxylation sites is 1. The van der Waals surface area contributed by atoms with Gasteiger partial charge in [-0.05, 0) is 34.9 Å². The molecular weight excluding hydrogens is 444 g/mol. The van der Waals surface area contributed by atoms with E-state index in [0.29, 0.717) is 29.6 Å². The van der Waals surface area contributed by atoms with Crippen molar-refractivity contribution >= 4 is 45.3 Å². The Morgan fingerprint density at radius 2 is 1.71 bits per heavy atom. The molecule has 4 amide bonds. The Balaban J connectivity index is 1.30. The van der Waals surface area contributed by atoms with E-state index in [0.717, 1.165) is 16.3 Å². The molecule has 1 fully saturated rings. The molecule has 3 aromatic carbocycles. The lowest BCUT2D eigenvalue weighted by Crippen LogP contribution is -2.47. The third kappa shape index (κ3) is 4.41. The van der Waals surface area contributed by atoms with Crippen LogP contribution in [-0.4, -0.2) is 46.1 Å². The van der Waals surface area contributed by atoms with Crippen LogP contribution < -0.4 is 22.1 Å². The van der Waals surface area contributed by atoms with Crippen LogP contribution in [0.1, 0.15) is 12.0 Å². The smallest absolute Gasteiger partial charge is 0.323 e. The van der Waals surface area contributed by atoms with Crippen LogP contribution in [0.15, 0.2) is 72.9 Å². The first kappa shape index (κ1) is 22.4. The van der Waals surface area contributed by atoms with Gasteiger partial charge in [0.15, 0.2) is 0 Å². The summed E-state index contributed by atoms with van der Waals surface area (Å²) in [6, 6.07) is 19.0. The van der Waals surface area contributed by atoms with Gasteiger partial charge in [-0.15, -0.1) is 0 Å². The van der Waals surface area contributed by atoms with Crippen LogP contribution >= 0.6 is 0 Å². The van der Waals surface area contributed by atoms with E-state index in [1.54, 1.807) is 24.3 Å². The fraction of sp³-hybridized carbons (Fsp3) is 0.192. The fourth-order valence-corrected chi connectivity index (χ4v) is 4.65. The maximum Gasteiger partial charge on any atom is 0.323 e. The minimum absolute atomic E-state index is 0.244. The van der Waals surface area contributed by atoms with Crippen LogP contribution in [0, 0.1) is 0 Å². The average molecular weight is 471 g/mol. The van der Waals surface area contributed by atoms with E-state index < -0.39 is 18.1 Å². The molecule has 1 saturated heterocycles. The van der Waals surface area contributed by atoms with E-state index in [9.17, 15) is 14.4 Å². The molecule has 4 aromatic rings. The van der Waals surface area contributed by atoms with Gasteiger partial charge in [0.2, 0.25) is 5.91 Å². The number of nitrogens with zero attached hydrogens (tertiary/aromatic N) is 2. The number of nitrogens with two attached hydrogens (primary N) is 2. The van der Waals surface area contributed by atoms with Gasteiger partial charge in [-0.3, -0.25) is 9.36 Å². The van der Waals surface area contributed by atoms with Crippen molar-refractivity contribution in [3.05, 3.63) is 78.5 Å². The minimum atomic E-state index is -0.699. The van der Waals surface area contributed by atoms with Crippen molar-refractivity contribution in [1.29, 1.82) is 0 Å². The highest BCUT2D eigenvalue weighted by molar-refractivity contribution is 6.05. The summed E-state index contributed by atoms with van der Waals surface area (Å²) in [7, 11) is 0. The lowest BCUT2D eigenvalue weighted by molar-refractivity contribution is -0.124. The maximum absolute atomic E-state index is 13.2. The van der Waals surface area contributed by atoms with Gasteiger partial charge in [0.1, 0.15) is 6.04 Å². The molecule has 2 atom stereocenters. The number of aromatic nitrogens is 1. The number of carbonyl (C=O) groups is 3. The van der Waals surface area contributed by atoms with Crippen LogP contribution in [0.5, 0.6) is 0 Å². The first-order chi connectivity index (χ1) is 16.9. The molecule has 0 spiro atoms. The molecule has 1 aromatic heterocycles. The number of urea groups is 1. The molecule has 35 heavy (non-hydrogen) atoms. The summed E-state index contributed by atoms with van der Waals surface area (Å²) in [5.74, 6) is -0.263. The van der Waals surface area contributed by atoms with Crippen molar-refractivity contribution in [2.45, 2.75) is 25.0 Å². The van der Waals surface area contributed by atoms with Crippen LogP contribution in [0.4, 0.5) is 15.3 Å². The maximum atomic E-state index is 13.2. The Morgan fingerprint density at radius 1 is 0.971 bits per heavy atom.